The summed E-state index contributed by atoms with van der Waals surface area (Å²) < 4.78 is 36.8. The minimum absolute atomic E-state index is 0.0137. The van der Waals surface area contributed by atoms with Crippen LogP contribution in [0.4, 0.5) is 0 Å². The second kappa shape index (κ2) is 15.7. The van der Waals surface area contributed by atoms with Crippen LogP contribution in [0, 0.1) is 25.2 Å². The summed E-state index contributed by atoms with van der Waals surface area (Å²) in [4.78, 5) is 54.7. The summed E-state index contributed by atoms with van der Waals surface area (Å²) in [6.45, 7) is 4.62. The molecule has 1 spiro atoms. The highest BCUT2D eigenvalue weighted by atomic mass is 32.2. The van der Waals surface area contributed by atoms with Crippen molar-refractivity contribution < 1.29 is 53.0 Å². The Morgan fingerprint density at radius 1 is 0.985 bits per heavy atom. The predicted octanol–water partition coefficient (Wildman–Crippen LogP) is 6.09. The van der Waals surface area contributed by atoms with Gasteiger partial charge in [-0.15, -0.1) is 11.8 Å². The molecule has 0 unspecified atom stereocenters. The summed E-state index contributed by atoms with van der Waals surface area (Å²) in [5, 5.41) is 34.8. The van der Waals surface area contributed by atoms with Gasteiger partial charge in [0.2, 0.25) is 6.79 Å². The smallest absolute Gasteiger partial charge is 0.337 e. The number of phenols is 2. The SMILES string of the molecule is COc1cc2c(cc1O)CCN(C(=O)c1cnc3ccccc3c1)[C@]21CS[C@@H]2c3c(OC(C)=O)c(C)c4c(c3[C@H](COC1=O)N1[C@@H]2[C@H]2c3c(cc(C)c(OC)c3O)C[C@@H]([C@@H]1C#N)N2C)OCO4. The Hall–Kier alpha value is -6.74. The number of amides is 1. The quantitative estimate of drug-likeness (QED) is 0.155. The maximum Gasteiger partial charge on any atom is 0.337 e. The number of hydrogen-bond donors (Lipinski definition) is 2. The first-order valence-corrected chi connectivity index (χ1v) is 23.2. The molecule has 7 aliphatic heterocycles. The van der Waals surface area contributed by atoms with Gasteiger partial charge in [-0.05, 0) is 80.3 Å². The lowest BCUT2D eigenvalue weighted by Gasteiger charge is -2.62. The molecule has 4 aromatic carbocycles. The van der Waals surface area contributed by atoms with Gasteiger partial charge in [-0.1, -0.05) is 24.3 Å². The number of aromatic hydroxyl groups is 2. The number of likely N-dealkylation sites (N-methyl/N-ethyl adjacent to an activating group) is 1. The molecule has 12 rings (SSSR count). The highest BCUT2D eigenvalue weighted by Gasteiger charge is 2.63. The van der Waals surface area contributed by atoms with Crippen LogP contribution in [0.3, 0.4) is 0 Å². The number of phenolic OH excluding ortho intramolecular Hbond substituents is 2. The topological polar surface area (TPSA) is 193 Å². The molecule has 4 bridgehead atoms. The van der Waals surface area contributed by atoms with Gasteiger partial charge < -0.3 is 43.5 Å². The van der Waals surface area contributed by atoms with E-state index in [0.717, 1.165) is 16.5 Å². The van der Waals surface area contributed by atoms with Gasteiger partial charge in [0, 0.05) is 65.1 Å². The molecule has 344 valence electrons. The van der Waals surface area contributed by atoms with E-state index in [2.05, 4.69) is 20.9 Å². The van der Waals surface area contributed by atoms with Crippen LogP contribution in [-0.4, -0.2) is 113 Å². The number of carbonyl (C=O) groups excluding carboxylic acids is 3. The third kappa shape index (κ3) is 6.05. The number of hydrogen-bond acceptors (Lipinski definition) is 16. The average Bonchev–Trinajstić information content (AvgIpc) is 3.81. The first kappa shape index (κ1) is 42.9. The largest absolute Gasteiger partial charge is 0.504 e. The highest BCUT2D eigenvalue weighted by Crippen LogP contribution is 2.65. The third-order valence-electron chi connectivity index (χ3n) is 14.7. The third-order valence-corrected chi connectivity index (χ3v) is 16.2. The van der Waals surface area contributed by atoms with Crippen molar-refractivity contribution in [2.45, 2.75) is 74.6 Å². The first-order chi connectivity index (χ1) is 32.3. The molecular weight excluding hydrogens is 879 g/mol. The van der Waals surface area contributed by atoms with Gasteiger partial charge in [0.05, 0.1) is 48.7 Å². The molecule has 0 saturated carbocycles. The van der Waals surface area contributed by atoms with Crippen LogP contribution in [0.15, 0.2) is 54.7 Å². The summed E-state index contributed by atoms with van der Waals surface area (Å²) >= 11 is 1.35. The number of nitrogens with zero attached hydrogens (tertiary/aromatic N) is 5. The van der Waals surface area contributed by atoms with Gasteiger partial charge in [-0.3, -0.25) is 24.4 Å². The van der Waals surface area contributed by atoms with Crippen LogP contribution < -0.4 is 23.7 Å². The molecule has 2 N–H and O–H groups in total. The van der Waals surface area contributed by atoms with Gasteiger partial charge in [0.15, 0.2) is 40.0 Å². The van der Waals surface area contributed by atoms with E-state index in [1.807, 2.05) is 44.3 Å². The number of piperazine rings is 1. The minimum atomic E-state index is -1.85. The zero-order chi connectivity index (χ0) is 46.8. The Balaban J connectivity index is 1.18. The van der Waals surface area contributed by atoms with E-state index < -0.39 is 52.8 Å². The number of pyridine rings is 1. The molecule has 2 fully saturated rings. The normalized spacial score (nSPS) is 25.9. The number of carbonyl (C=O) groups is 3. The lowest BCUT2D eigenvalue weighted by molar-refractivity contribution is -0.162. The lowest BCUT2D eigenvalue weighted by atomic mass is 9.71. The van der Waals surface area contributed by atoms with Crippen molar-refractivity contribution in [1.82, 2.24) is 19.7 Å². The Morgan fingerprint density at radius 2 is 1.78 bits per heavy atom. The Kier molecular flexibility index (Phi) is 10.0. The van der Waals surface area contributed by atoms with Crippen LogP contribution in [0.25, 0.3) is 10.9 Å². The van der Waals surface area contributed by atoms with E-state index in [0.29, 0.717) is 69.0 Å². The Labute approximate surface area is 389 Å². The van der Waals surface area contributed by atoms with Crippen molar-refractivity contribution in [3.05, 3.63) is 105 Å². The molecule has 7 aliphatic rings. The molecule has 0 aliphatic carbocycles. The maximum absolute atomic E-state index is 15.8. The number of methoxy groups -OCH3 is 2. The molecule has 8 heterocycles. The molecule has 16 nitrogen and oxygen atoms in total. The number of esters is 2. The number of aryl methyl sites for hydroxylation is 1. The van der Waals surface area contributed by atoms with Crippen molar-refractivity contribution in [3.63, 3.8) is 0 Å². The van der Waals surface area contributed by atoms with Crippen molar-refractivity contribution in [3.8, 4) is 46.3 Å². The van der Waals surface area contributed by atoms with Crippen LogP contribution in [-0.2, 0) is 32.7 Å². The van der Waals surface area contributed by atoms with Gasteiger partial charge in [-0.25, -0.2) is 4.79 Å². The van der Waals surface area contributed by atoms with E-state index in [4.69, 9.17) is 28.4 Å². The second-order valence-corrected chi connectivity index (χ2v) is 19.1. The standard InChI is InChI=1S/C50H47N5O11S/c1-23-13-28-15-32-33(18-51)55-34-20-63-49(60)50(30-17-36(61-5)35(57)16-26(30)11-12-54(50)48(59)29-14-27-9-7-8-10-31(27)52-19-29)21-67-47(41(55)40(53(32)4)37(28)42(58)43(23)62-6)39-38(34)46-45(64-22-65-46)24(2)44(39)66-25(3)56/h7-10,13-14,16-17,19,32-34,40-41,47,57-58H,11-12,15,20-22H2,1-6H3/t32-,33-,34-,40+,41+,47+,50+/m0/s1. The molecule has 5 aromatic rings. The number of nitriles is 1. The lowest BCUT2D eigenvalue weighted by Crippen LogP contribution is -2.69. The highest BCUT2D eigenvalue weighted by molar-refractivity contribution is 7.99. The van der Waals surface area contributed by atoms with E-state index >= 15 is 9.59 Å². The van der Waals surface area contributed by atoms with E-state index in [1.54, 1.807) is 30.0 Å². The monoisotopic (exact) mass is 925 g/mol. The zero-order valence-electron chi connectivity index (χ0n) is 37.6. The first-order valence-electron chi connectivity index (χ1n) is 22.1. The summed E-state index contributed by atoms with van der Waals surface area (Å²) in [7, 11) is 4.89. The van der Waals surface area contributed by atoms with E-state index in [9.17, 15) is 20.3 Å². The van der Waals surface area contributed by atoms with Crippen LogP contribution >= 0.6 is 11.8 Å². The number of benzene rings is 4. The summed E-state index contributed by atoms with van der Waals surface area (Å²) in [6.07, 6.45) is 2.23. The maximum atomic E-state index is 15.8. The molecular formula is C50H47N5O11S. The van der Waals surface area contributed by atoms with Crippen molar-refractivity contribution in [1.29, 1.82) is 5.26 Å². The van der Waals surface area contributed by atoms with Crippen molar-refractivity contribution in [2.24, 2.45) is 0 Å². The van der Waals surface area contributed by atoms with E-state index in [1.165, 1.54) is 39.1 Å². The number of ether oxygens (including phenoxy) is 6. The molecule has 1 aromatic heterocycles. The fourth-order valence-corrected chi connectivity index (χ4v) is 13.6. The number of fused-ring (bicyclic) bond motifs is 10. The molecule has 17 heteroatoms. The summed E-state index contributed by atoms with van der Waals surface area (Å²) in [6, 6.07) is 13.7. The van der Waals surface area contributed by atoms with Crippen molar-refractivity contribution in [2.75, 3.05) is 47.0 Å². The Bertz CT molecular complexity index is 3030. The average molecular weight is 926 g/mol. The van der Waals surface area contributed by atoms with Gasteiger partial charge >= 0.3 is 11.9 Å². The second-order valence-electron chi connectivity index (χ2n) is 18.0. The molecule has 0 radical (unpaired) electrons. The molecule has 67 heavy (non-hydrogen) atoms. The number of rotatable bonds is 4. The van der Waals surface area contributed by atoms with Crippen LogP contribution in [0.5, 0.6) is 40.2 Å². The van der Waals surface area contributed by atoms with Crippen molar-refractivity contribution >= 4 is 40.5 Å². The minimum Gasteiger partial charge on any atom is -0.504 e. The fraction of sp³-hybridized carbons (Fsp3) is 0.380. The summed E-state index contributed by atoms with van der Waals surface area (Å²) in [5.74, 6) is -0.574. The summed E-state index contributed by atoms with van der Waals surface area (Å²) in [5.41, 5.74) is 4.09. The van der Waals surface area contributed by atoms with Gasteiger partial charge in [0.25, 0.3) is 5.91 Å². The molecule has 7 atom stereocenters. The number of aromatic nitrogens is 1. The number of para-hydroxylation sites is 1. The molecule has 2 saturated heterocycles. The van der Waals surface area contributed by atoms with Gasteiger partial charge in [-0.2, -0.15) is 5.26 Å². The zero-order valence-corrected chi connectivity index (χ0v) is 38.4. The number of thioether (sulfide) groups is 1. The fourth-order valence-electron chi connectivity index (χ4n) is 11.9. The predicted molar refractivity (Wildman–Crippen MR) is 243 cm³/mol. The molecule has 1 amide bonds. The van der Waals surface area contributed by atoms with E-state index in [-0.39, 0.29) is 60.3 Å². The van der Waals surface area contributed by atoms with Crippen LogP contribution in [0.1, 0.15) is 79.1 Å². The van der Waals surface area contributed by atoms with Crippen LogP contribution in [0.2, 0.25) is 0 Å². The Morgan fingerprint density at radius 3 is 2.54 bits per heavy atom. The van der Waals surface area contributed by atoms with Gasteiger partial charge in [0.1, 0.15) is 18.4 Å².